The molecule has 1 amide bonds. The lowest BCUT2D eigenvalue weighted by Crippen LogP contribution is -2.35. The van der Waals surface area contributed by atoms with Crippen LogP contribution in [0.2, 0.25) is 0 Å². The molecule has 2 aromatic carbocycles. The summed E-state index contributed by atoms with van der Waals surface area (Å²) in [4.78, 5) is 17.0. The summed E-state index contributed by atoms with van der Waals surface area (Å²) in [7, 11) is -3.61. The number of nitrogens with one attached hydrogen (secondary N) is 2. The zero-order valence-corrected chi connectivity index (χ0v) is 16.4. The van der Waals surface area contributed by atoms with Gasteiger partial charge in [-0.2, -0.15) is 0 Å². The van der Waals surface area contributed by atoms with E-state index >= 15 is 0 Å². The lowest BCUT2D eigenvalue weighted by Gasteiger charge is -2.17. The summed E-state index contributed by atoms with van der Waals surface area (Å²) < 4.78 is 26.7. The highest BCUT2D eigenvalue weighted by atomic mass is 32.2. The molecule has 0 bridgehead atoms. The fourth-order valence-corrected chi connectivity index (χ4v) is 4.18. The molecule has 1 aliphatic heterocycles. The molecule has 6 nitrogen and oxygen atoms in total. The van der Waals surface area contributed by atoms with Gasteiger partial charge in [-0.3, -0.25) is 14.5 Å². The Hall–Kier alpha value is -2.67. The molecule has 2 aromatic rings. The number of amides is 1. The van der Waals surface area contributed by atoms with Crippen LogP contribution < -0.4 is 10.0 Å². The van der Waals surface area contributed by atoms with Crippen LogP contribution in [0.5, 0.6) is 0 Å². The Bertz CT molecular complexity index is 982. The molecule has 0 fully saturated rings. The fraction of sp³-hybridized carbons (Fsp3) is 0.300. The first-order chi connectivity index (χ1) is 12.8. The van der Waals surface area contributed by atoms with Gasteiger partial charge in [0.1, 0.15) is 11.9 Å². The van der Waals surface area contributed by atoms with Gasteiger partial charge in [0.25, 0.3) is 10.0 Å². The van der Waals surface area contributed by atoms with Crippen molar-refractivity contribution in [2.24, 2.45) is 4.99 Å². The number of nitrogens with zero attached hydrogens (tertiary/aromatic N) is 1. The zero-order chi connectivity index (χ0) is 19.6. The van der Waals surface area contributed by atoms with Crippen molar-refractivity contribution in [3.8, 4) is 0 Å². The van der Waals surface area contributed by atoms with Crippen molar-refractivity contribution in [2.45, 2.75) is 44.2 Å². The van der Waals surface area contributed by atoms with Gasteiger partial charge in [-0.15, -0.1) is 0 Å². The van der Waals surface area contributed by atoms with Crippen LogP contribution in [0.3, 0.4) is 0 Å². The highest BCUT2D eigenvalue weighted by molar-refractivity contribution is 7.90. The number of rotatable bonds is 5. The van der Waals surface area contributed by atoms with Crippen LogP contribution in [0.1, 0.15) is 43.5 Å². The number of aryl methyl sites for hydroxylation is 1. The molecule has 27 heavy (non-hydrogen) atoms. The highest BCUT2D eigenvalue weighted by Crippen LogP contribution is 2.22. The van der Waals surface area contributed by atoms with E-state index in [2.05, 4.69) is 22.0 Å². The van der Waals surface area contributed by atoms with Crippen LogP contribution in [0.15, 0.2) is 58.4 Å². The van der Waals surface area contributed by atoms with Crippen molar-refractivity contribution in [1.29, 1.82) is 0 Å². The molecule has 0 saturated heterocycles. The number of fused-ring (bicyclic) bond motifs is 1. The van der Waals surface area contributed by atoms with Crippen LogP contribution in [0.4, 0.5) is 0 Å². The molecule has 0 aromatic heterocycles. The van der Waals surface area contributed by atoms with Gasteiger partial charge in [-0.1, -0.05) is 43.3 Å². The summed E-state index contributed by atoms with van der Waals surface area (Å²) in [5.41, 5.74) is 2.73. The fourth-order valence-electron chi connectivity index (χ4n) is 2.94. The number of sulfonamides is 1. The van der Waals surface area contributed by atoms with Gasteiger partial charge in [-0.25, -0.2) is 8.42 Å². The third-order valence-corrected chi connectivity index (χ3v) is 6.01. The lowest BCUT2D eigenvalue weighted by molar-refractivity contribution is -0.122. The molecule has 0 unspecified atom stereocenters. The molecule has 7 heteroatoms. The Morgan fingerprint density at radius 3 is 2.44 bits per heavy atom. The maximum absolute atomic E-state index is 12.5. The van der Waals surface area contributed by atoms with E-state index in [0.29, 0.717) is 5.56 Å². The predicted octanol–water partition coefficient (Wildman–Crippen LogP) is 2.55. The van der Waals surface area contributed by atoms with Gasteiger partial charge in [0.05, 0.1) is 10.9 Å². The van der Waals surface area contributed by atoms with E-state index < -0.39 is 16.1 Å². The lowest BCUT2D eigenvalue weighted by atomic mass is 10.0. The maximum atomic E-state index is 12.5. The van der Waals surface area contributed by atoms with Gasteiger partial charge in [0, 0.05) is 5.56 Å². The first-order valence-corrected chi connectivity index (χ1v) is 10.4. The molecule has 0 spiro atoms. The quantitative estimate of drug-likeness (QED) is 0.829. The van der Waals surface area contributed by atoms with Crippen molar-refractivity contribution in [3.05, 3.63) is 65.2 Å². The third-order valence-electron chi connectivity index (χ3n) is 4.61. The van der Waals surface area contributed by atoms with Crippen molar-refractivity contribution >= 4 is 21.8 Å². The molecule has 1 aliphatic rings. The van der Waals surface area contributed by atoms with Crippen LogP contribution in [0, 0.1) is 0 Å². The van der Waals surface area contributed by atoms with E-state index in [9.17, 15) is 13.2 Å². The molecular weight excluding hydrogens is 362 g/mol. The minimum absolute atomic E-state index is 0.168. The van der Waals surface area contributed by atoms with Gasteiger partial charge in [0.2, 0.25) is 5.91 Å². The number of amidine groups is 1. The number of hydrogen-bond donors (Lipinski definition) is 2. The normalized spacial score (nSPS) is 18.4. The number of carbonyl (C=O) groups is 1. The van der Waals surface area contributed by atoms with E-state index in [1.807, 2.05) is 31.2 Å². The number of carbonyl (C=O) groups excluding carboxylic acids is 1. The van der Waals surface area contributed by atoms with Crippen LogP contribution >= 0.6 is 0 Å². The zero-order valence-electron chi connectivity index (χ0n) is 15.6. The highest BCUT2D eigenvalue weighted by Gasteiger charge is 2.31. The second-order valence-electron chi connectivity index (χ2n) is 6.58. The van der Waals surface area contributed by atoms with Crippen molar-refractivity contribution < 1.29 is 13.2 Å². The number of benzene rings is 2. The van der Waals surface area contributed by atoms with E-state index in [-0.39, 0.29) is 22.7 Å². The summed E-state index contributed by atoms with van der Waals surface area (Å²) in [5.74, 6) is -0.0636. The SMILES string of the molecule is CCc1ccc([C@H](C)NC(=O)[C@@H](C)N=C2NS(=O)(=O)c3ccccc32)cc1. The maximum Gasteiger partial charge on any atom is 0.263 e. The predicted molar refractivity (Wildman–Crippen MR) is 105 cm³/mol. The summed E-state index contributed by atoms with van der Waals surface area (Å²) in [5, 5.41) is 2.93. The van der Waals surface area contributed by atoms with Gasteiger partial charge >= 0.3 is 0 Å². The van der Waals surface area contributed by atoms with Crippen molar-refractivity contribution in [2.75, 3.05) is 0 Å². The summed E-state index contributed by atoms with van der Waals surface area (Å²) >= 11 is 0. The Morgan fingerprint density at radius 1 is 1.11 bits per heavy atom. The Kier molecular flexibility index (Phi) is 5.32. The van der Waals surface area contributed by atoms with Gasteiger partial charge in [0.15, 0.2) is 0 Å². The molecule has 2 N–H and O–H groups in total. The van der Waals surface area contributed by atoms with E-state index in [1.165, 1.54) is 11.6 Å². The minimum Gasteiger partial charge on any atom is -0.348 e. The molecule has 142 valence electrons. The Labute approximate surface area is 159 Å². The van der Waals surface area contributed by atoms with Crippen molar-refractivity contribution in [3.63, 3.8) is 0 Å². The van der Waals surface area contributed by atoms with E-state index in [1.54, 1.807) is 25.1 Å². The molecule has 0 saturated carbocycles. The second-order valence-corrected chi connectivity index (χ2v) is 8.23. The van der Waals surface area contributed by atoms with Crippen LogP contribution in [-0.4, -0.2) is 26.2 Å². The van der Waals surface area contributed by atoms with Gasteiger partial charge in [-0.05, 0) is 43.5 Å². The first kappa shape index (κ1) is 19.1. The standard InChI is InChI=1S/C20H23N3O3S/c1-4-15-9-11-16(12-10-15)13(2)22-20(24)14(3)21-19-17-7-5-6-8-18(17)27(25,26)23-19/h5-14H,4H2,1-3H3,(H,21,23)(H,22,24)/t13-,14+/m0/s1. The molecule has 0 aliphatic carbocycles. The van der Waals surface area contributed by atoms with Gasteiger partial charge < -0.3 is 5.32 Å². The Morgan fingerprint density at radius 2 is 1.78 bits per heavy atom. The average Bonchev–Trinajstić information content (AvgIpc) is 2.92. The average molecular weight is 385 g/mol. The second kappa shape index (κ2) is 7.52. The topological polar surface area (TPSA) is 87.6 Å². The van der Waals surface area contributed by atoms with Crippen LogP contribution in [-0.2, 0) is 21.2 Å². The summed E-state index contributed by atoms with van der Waals surface area (Å²) in [6.45, 7) is 5.65. The first-order valence-electron chi connectivity index (χ1n) is 8.91. The molecule has 1 heterocycles. The molecular formula is C20H23N3O3S. The van der Waals surface area contributed by atoms with Crippen molar-refractivity contribution in [1.82, 2.24) is 10.0 Å². The largest absolute Gasteiger partial charge is 0.348 e. The van der Waals surface area contributed by atoms with E-state index in [0.717, 1.165) is 12.0 Å². The molecule has 0 radical (unpaired) electrons. The summed E-state index contributed by atoms with van der Waals surface area (Å²) in [6.07, 6.45) is 0.965. The monoisotopic (exact) mass is 385 g/mol. The smallest absolute Gasteiger partial charge is 0.263 e. The van der Waals surface area contributed by atoms with Crippen LogP contribution in [0.25, 0.3) is 0 Å². The minimum atomic E-state index is -3.61. The van der Waals surface area contributed by atoms with E-state index in [4.69, 9.17) is 0 Å². The molecule has 2 atom stereocenters. The summed E-state index contributed by atoms with van der Waals surface area (Å²) in [6, 6.07) is 13.8. The number of hydrogen-bond acceptors (Lipinski definition) is 4. The third kappa shape index (κ3) is 4.03. The Balaban J connectivity index is 1.73. The number of aliphatic imine (C=N–C) groups is 1. The molecule has 3 rings (SSSR count).